The van der Waals surface area contributed by atoms with Crippen LogP contribution in [0.3, 0.4) is 0 Å². The smallest absolute Gasteiger partial charge is 0.172 e. The number of nitrogens with zero attached hydrogens (tertiary/aromatic N) is 3. The number of hydrogen-bond donors (Lipinski definition) is 0. The lowest BCUT2D eigenvalue weighted by Crippen LogP contribution is -2.26. The first-order valence-corrected chi connectivity index (χ1v) is 7.25. The maximum Gasteiger partial charge on any atom is 0.172 e. The zero-order valence-corrected chi connectivity index (χ0v) is 11.7. The van der Waals surface area contributed by atoms with E-state index < -0.39 is 0 Å². The molecule has 2 atom stereocenters. The molecule has 2 unspecified atom stereocenters. The van der Waals surface area contributed by atoms with Crippen molar-refractivity contribution < 1.29 is 4.52 Å². The van der Waals surface area contributed by atoms with Crippen molar-refractivity contribution in [3.8, 4) is 11.3 Å². The zero-order chi connectivity index (χ0) is 13.5. The van der Waals surface area contributed by atoms with Gasteiger partial charge in [-0.2, -0.15) is 0 Å². The van der Waals surface area contributed by atoms with Crippen LogP contribution in [0.15, 0.2) is 40.9 Å². The van der Waals surface area contributed by atoms with Gasteiger partial charge in [-0.1, -0.05) is 35.5 Å². The van der Waals surface area contributed by atoms with Crippen LogP contribution in [-0.2, 0) is 0 Å². The van der Waals surface area contributed by atoms with Crippen molar-refractivity contribution in [3.63, 3.8) is 0 Å². The molecule has 2 aliphatic rings. The molecule has 0 N–H and O–H groups in total. The first kappa shape index (κ1) is 12.0. The van der Waals surface area contributed by atoms with Gasteiger partial charge in [0.05, 0.1) is 0 Å². The molecular weight excluding hydrogens is 250 g/mol. The summed E-state index contributed by atoms with van der Waals surface area (Å²) in [5.41, 5.74) is 1.09. The first-order chi connectivity index (χ1) is 9.79. The second-order valence-electron chi connectivity index (χ2n) is 6.06. The van der Waals surface area contributed by atoms with Crippen LogP contribution >= 0.6 is 0 Å². The summed E-state index contributed by atoms with van der Waals surface area (Å²) < 4.78 is 5.50. The molecule has 2 aromatic rings. The molecule has 4 nitrogen and oxygen atoms in total. The van der Waals surface area contributed by atoms with Crippen molar-refractivity contribution in [2.24, 2.45) is 11.8 Å². The molecule has 1 aromatic carbocycles. The minimum Gasteiger partial charge on any atom is -0.354 e. The van der Waals surface area contributed by atoms with E-state index in [9.17, 15) is 0 Å². The number of benzene rings is 1. The number of fused-ring (bicyclic) bond motifs is 1. The Hall–Kier alpha value is -1.81. The van der Waals surface area contributed by atoms with Crippen LogP contribution in [0, 0.1) is 11.8 Å². The predicted molar refractivity (Wildman–Crippen MR) is 78.6 cm³/mol. The van der Waals surface area contributed by atoms with Crippen LogP contribution in [0.25, 0.3) is 11.3 Å². The van der Waals surface area contributed by atoms with Crippen molar-refractivity contribution in [2.75, 3.05) is 38.1 Å². The molecule has 0 spiro atoms. The molecule has 1 aromatic heterocycles. The summed E-state index contributed by atoms with van der Waals surface area (Å²) in [6.07, 6.45) is 0. The second kappa shape index (κ2) is 4.63. The highest BCUT2D eigenvalue weighted by Crippen LogP contribution is 2.34. The summed E-state index contributed by atoms with van der Waals surface area (Å²) in [6, 6.07) is 12.2. The lowest BCUT2D eigenvalue weighted by molar-refractivity contribution is 0.385. The summed E-state index contributed by atoms with van der Waals surface area (Å²) >= 11 is 0. The molecule has 0 aliphatic carbocycles. The van der Waals surface area contributed by atoms with Crippen molar-refractivity contribution in [2.45, 2.75) is 0 Å². The SMILES string of the molecule is CN1CC2CN(c3cc(-c4ccccc4)on3)CC2C1. The van der Waals surface area contributed by atoms with Crippen molar-refractivity contribution in [3.05, 3.63) is 36.4 Å². The fourth-order valence-electron chi connectivity index (χ4n) is 3.57. The van der Waals surface area contributed by atoms with Gasteiger partial charge in [0.1, 0.15) is 0 Å². The predicted octanol–water partition coefficient (Wildman–Crippen LogP) is 2.34. The van der Waals surface area contributed by atoms with E-state index in [2.05, 4.69) is 40.2 Å². The average Bonchev–Trinajstić information content (AvgIpc) is 3.12. The van der Waals surface area contributed by atoms with Gasteiger partial charge in [0, 0.05) is 37.8 Å². The van der Waals surface area contributed by atoms with E-state index in [1.54, 1.807) is 0 Å². The number of likely N-dealkylation sites (tertiary alicyclic amines) is 1. The molecule has 0 radical (unpaired) electrons. The van der Waals surface area contributed by atoms with E-state index >= 15 is 0 Å². The van der Waals surface area contributed by atoms with E-state index in [-0.39, 0.29) is 0 Å². The Labute approximate surface area is 119 Å². The van der Waals surface area contributed by atoms with Gasteiger partial charge in [-0.25, -0.2) is 0 Å². The van der Waals surface area contributed by atoms with Gasteiger partial charge in [0.2, 0.25) is 0 Å². The molecule has 0 amide bonds. The molecule has 2 aliphatic heterocycles. The van der Waals surface area contributed by atoms with E-state index in [4.69, 9.17) is 4.52 Å². The van der Waals surface area contributed by atoms with Crippen molar-refractivity contribution in [1.82, 2.24) is 10.1 Å². The lowest BCUT2D eigenvalue weighted by Gasteiger charge is -2.17. The molecule has 104 valence electrons. The standard InChI is InChI=1S/C16H19N3O/c1-18-8-13-10-19(11-14(13)9-18)16-7-15(20-17-16)12-5-3-2-4-6-12/h2-7,13-14H,8-11H2,1H3. The molecule has 0 bridgehead atoms. The second-order valence-corrected chi connectivity index (χ2v) is 6.06. The third kappa shape index (κ3) is 2.00. The Morgan fingerprint density at radius 2 is 1.75 bits per heavy atom. The van der Waals surface area contributed by atoms with Crippen LogP contribution < -0.4 is 4.90 Å². The van der Waals surface area contributed by atoms with Gasteiger partial charge in [0.25, 0.3) is 0 Å². The van der Waals surface area contributed by atoms with Gasteiger partial charge in [-0.3, -0.25) is 0 Å². The van der Waals surface area contributed by atoms with E-state index in [1.807, 2.05) is 18.2 Å². The quantitative estimate of drug-likeness (QED) is 0.837. The minimum atomic E-state index is 0.789. The molecule has 0 saturated carbocycles. The fourth-order valence-corrected chi connectivity index (χ4v) is 3.57. The van der Waals surface area contributed by atoms with Crippen LogP contribution in [0.5, 0.6) is 0 Å². The van der Waals surface area contributed by atoms with Crippen molar-refractivity contribution in [1.29, 1.82) is 0 Å². The summed E-state index contributed by atoms with van der Waals surface area (Å²) in [5.74, 6) is 3.42. The highest BCUT2D eigenvalue weighted by molar-refractivity contribution is 5.61. The molecule has 4 rings (SSSR count). The van der Waals surface area contributed by atoms with E-state index in [0.29, 0.717) is 0 Å². The molecule has 4 heteroatoms. The molecule has 3 heterocycles. The van der Waals surface area contributed by atoms with Gasteiger partial charge < -0.3 is 14.3 Å². The van der Waals surface area contributed by atoms with Gasteiger partial charge >= 0.3 is 0 Å². The maximum absolute atomic E-state index is 5.50. The number of rotatable bonds is 2. The highest BCUT2D eigenvalue weighted by atomic mass is 16.5. The third-order valence-electron chi connectivity index (χ3n) is 4.55. The Bertz CT molecular complexity index is 581. The number of aromatic nitrogens is 1. The van der Waals surface area contributed by atoms with E-state index in [0.717, 1.165) is 42.1 Å². The van der Waals surface area contributed by atoms with Gasteiger partial charge in [-0.05, 0) is 18.9 Å². The Morgan fingerprint density at radius 1 is 1.05 bits per heavy atom. The molecule has 2 saturated heterocycles. The summed E-state index contributed by atoms with van der Waals surface area (Å²) in [7, 11) is 2.21. The molecule has 20 heavy (non-hydrogen) atoms. The van der Waals surface area contributed by atoms with Crippen LogP contribution in [0.2, 0.25) is 0 Å². The van der Waals surface area contributed by atoms with Crippen molar-refractivity contribution >= 4 is 5.82 Å². The van der Waals surface area contributed by atoms with Crippen LogP contribution in [0.4, 0.5) is 5.82 Å². The summed E-state index contributed by atoms with van der Waals surface area (Å²) in [5, 5.41) is 4.26. The summed E-state index contributed by atoms with van der Waals surface area (Å²) in [6.45, 7) is 4.64. The average molecular weight is 269 g/mol. The molecule has 2 fully saturated rings. The Kier molecular flexibility index (Phi) is 2.77. The van der Waals surface area contributed by atoms with Gasteiger partial charge in [-0.15, -0.1) is 0 Å². The minimum absolute atomic E-state index is 0.789. The van der Waals surface area contributed by atoms with E-state index in [1.165, 1.54) is 13.1 Å². The fraction of sp³-hybridized carbons (Fsp3) is 0.438. The Morgan fingerprint density at radius 3 is 2.45 bits per heavy atom. The maximum atomic E-state index is 5.50. The lowest BCUT2D eigenvalue weighted by atomic mass is 10.0. The molecular formula is C16H19N3O. The largest absolute Gasteiger partial charge is 0.354 e. The van der Waals surface area contributed by atoms with Crippen LogP contribution in [-0.4, -0.2) is 43.3 Å². The topological polar surface area (TPSA) is 32.5 Å². The van der Waals surface area contributed by atoms with Gasteiger partial charge in [0.15, 0.2) is 11.6 Å². The van der Waals surface area contributed by atoms with Crippen LogP contribution in [0.1, 0.15) is 0 Å². The summed E-state index contributed by atoms with van der Waals surface area (Å²) in [4.78, 5) is 4.81. The first-order valence-electron chi connectivity index (χ1n) is 7.25. The highest BCUT2D eigenvalue weighted by Gasteiger charge is 2.39. The number of anilines is 1. The third-order valence-corrected chi connectivity index (χ3v) is 4.55. The monoisotopic (exact) mass is 269 g/mol. The zero-order valence-electron chi connectivity index (χ0n) is 11.7. The Balaban J connectivity index is 1.52. The number of hydrogen-bond acceptors (Lipinski definition) is 4. The normalized spacial score (nSPS) is 26.1.